The average molecular weight is 413 g/mol. The summed E-state index contributed by atoms with van der Waals surface area (Å²) in [5.74, 6) is -0.208. The Labute approximate surface area is 165 Å². The van der Waals surface area contributed by atoms with E-state index in [0.29, 0.717) is 27.3 Å². The topological polar surface area (TPSA) is 64.7 Å². The van der Waals surface area contributed by atoms with Gasteiger partial charge in [0.15, 0.2) is 0 Å². The summed E-state index contributed by atoms with van der Waals surface area (Å²) >= 11 is 18.0. The Morgan fingerprint density at radius 3 is 2.62 bits per heavy atom. The summed E-state index contributed by atoms with van der Waals surface area (Å²) in [6, 6.07) is 5.34. The molecule has 0 bridgehead atoms. The molecule has 9 heteroatoms. The number of aryl methyl sites for hydroxylation is 1. The fourth-order valence-corrected chi connectivity index (χ4v) is 3.22. The van der Waals surface area contributed by atoms with Crippen molar-refractivity contribution >= 4 is 46.4 Å². The third kappa shape index (κ3) is 4.20. The number of hydrogen-bond acceptors (Lipinski definition) is 3. The first kappa shape index (κ1) is 18.8. The van der Waals surface area contributed by atoms with Crippen LogP contribution in [0.15, 0.2) is 30.6 Å². The number of rotatable bonds is 5. The SMILES string of the molecule is Cc1nn(Cc2ccc(Cl)cc2Cl)c(C)c1NC(=O)Cn1cc(Cl)cn1. The van der Waals surface area contributed by atoms with Crippen LogP contribution in [0.25, 0.3) is 0 Å². The quantitative estimate of drug-likeness (QED) is 0.678. The van der Waals surface area contributed by atoms with E-state index >= 15 is 0 Å². The summed E-state index contributed by atoms with van der Waals surface area (Å²) in [5, 5.41) is 13.0. The van der Waals surface area contributed by atoms with Crippen LogP contribution in [0.1, 0.15) is 17.0 Å². The van der Waals surface area contributed by atoms with Crippen molar-refractivity contribution in [1.82, 2.24) is 19.6 Å². The summed E-state index contributed by atoms with van der Waals surface area (Å²) in [6.07, 6.45) is 3.08. The zero-order valence-electron chi connectivity index (χ0n) is 14.1. The minimum absolute atomic E-state index is 0.0692. The highest BCUT2D eigenvalue weighted by Gasteiger charge is 2.16. The molecule has 6 nitrogen and oxygen atoms in total. The summed E-state index contributed by atoms with van der Waals surface area (Å²) in [6.45, 7) is 4.28. The molecule has 1 amide bonds. The first-order chi connectivity index (χ1) is 12.3. The van der Waals surface area contributed by atoms with Gasteiger partial charge in [-0.3, -0.25) is 14.2 Å². The number of amides is 1. The van der Waals surface area contributed by atoms with E-state index in [1.807, 2.05) is 19.9 Å². The van der Waals surface area contributed by atoms with E-state index in [-0.39, 0.29) is 12.5 Å². The molecule has 2 heterocycles. The molecule has 0 atom stereocenters. The molecule has 0 unspecified atom stereocenters. The third-order valence-electron chi connectivity index (χ3n) is 3.89. The van der Waals surface area contributed by atoms with E-state index in [9.17, 15) is 4.79 Å². The lowest BCUT2D eigenvalue weighted by atomic mass is 10.2. The second-order valence-electron chi connectivity index (χ2n) is 5.84. The molecule has 0 saturated heterocycles. The fraction of sp³-hybridized carbons (Fsp3) is 0.235. The van der Waals surface area contributed by atoms with Crippen molar-refractivity contribution in [2.24, 2.45) is 0 Å². The summed E-state index contributed by atoms with van der Waals surface area (Å²) in [7, 11) is 0. The normalized spacial score (nSPS) is 11.0. The number of carbonyl (C=O) groups is 1. The lowest BCUT2D eigenvalue weighted by Gasteiger charge is -2.09. The Hall–Kier alpha value is -2.02. The lowest BCUT2D eigenvalue weighted by molar-refractivity contribution is -0.116. The molecule has 0 spiro atoms. The van der Waals surface area contributed by atoms with Crippen molar-refractivity contribution in [3.8, 4) is 0 Å². The van der Waals surface area contributed by atoms with E-state index in [4.69, 9.17) is 34.8 Å². The van der Waals surface area contributed by atoms with Gasteiger partial charge in [0.2, 0.25) is 5.91 Å². The summed E-state index contributed by atoms with van der Waals surface area (Å²) < 4.78 is 3.27. The van der Waals surface area contributed by atoms with Gasteiger partial charge in [-0.05, 0) is 31.5 Å². The van der Waals surface area contributed by atoms with Gasteiger partial charge in [0.1, 0.15) is 6.54 Å². The van der Waals surface area contributed by atoms with Crippen molar-refractivity contribution in [2.75, 3.05) is 5.32 Å². The summed E-state index contributed by atoms with van der Waals surface area (Å²) in [4.78, 5) is 12.3. The van der Waals surface area contributed by atoms with Crippen molar-refractivity contribution in [3.63, 3.8) is 0 Å². The Morgan fingerprint density at radius 1 is 1.19 bits per heavy atom. The Bertz CT molecular complexity index is 963. The standard InChI is InChI=1S/C17H16Cl3N5O/c1-10-17(22-16(26)9-24-8-14(19)6-21-24)11(2)25(23-10)7-12-3-4-13(18)5-15(12)20/h3-6,8H,7,9H2,1-2H3,(H,22,26). The van der Waals surface area contributed by atoms with Crippen molar-refractivity contribution < 1.29 is 4.79 Å². The highest BCUT2D eigenvalue weighted by molar-refractivity contribution is 6.35. The predicted molar refractivity (Wildman–Crippen MR) is 103 cm³/mol. The maximum absolute atomic E-state index is 12.3. The largest absolute Gasteiger partial charge is 0.321 e. The van der Waals surface area contributed by atoms with E-state index in [2.05, 4.69) is 15.5 Å². The maximum Gasteiger partial charge on any atom is 0.246 e. The molecule has 0 aliphatic carbocycles. The van der Waals surface area contributed by atoms with Gasteiger partial charge in [-0.15, -0.1) is 0 Å². The zero-order valence-corrected chi connectivity index (χ0v) is 16.4. The van der Waals surface area contributed by atoms with E-state index in [0.717, 1.165) is 17.0 Å². The number of carbonyl (C=O) groups excluding carboxylic acids is 1. The van der Waals surface area contributed by atoms with E-state index in [1.54, 1.807) is 23.0 Å². The first-order valence-electron chi connectivity index (χ1n) is 7.79. The van der Waals surface area contributed by atoms with Gasteiger partial charge in [-0.2, -0.15) is 10.2 Å². The van der Waals surface area contributed by atoms with Gasteiger partial charge < -0.3 is 5.32 Å². The van der Waals surface area contributed by atoms with Gasteiger partial charge in [0.05, 0.1) is 34.8 Å². The van der Waals surface area contributed by atoms with Crippen LogP contribution in [0.2, 0.25) is 15.1 Å². The molecule has 3 rings (SSSR count). The number of aromatic nitrogens is 4. The Balaban J connectivity index is 1.76. The van der Waals surface area contributed by atoms with Crippen LogP contribution < -0.4 is 5.32 Å². The third-order valence-corrected chi connectivity index (χ3v) is 4.67. The number of nitrogens with zero attached hydrogens (tertiary/aromatic N) is 4. The minimum atomic E-state index is -0.208. The van der Waals surface area contributed by atoms with Crippen LogP contribution in [0.5, 0.6) is 0 Å². The van der Waals surface area contributed by atoms with Crippen LogP contribution in [0, 0.1) is 13.8 Å². The number of anilines is 1. The molecule has 136 valence electrons. The molecule has 1 N–H and O–H groups in total. The molecule has 2 aromatic heterocycles. The number of benzene rings is 1. The molecule has 0 aliphatic rings. The molecular formula is C17H16Cl3N5O. The fourth-order valence-electron chi connectivity index (χ4n) is 2.59. The van der Waals surface area contributed by atoms with Crippen molar-refractivity contribution in [2.45, 2.75) is 26.9 Å². The van der Waals surface area contributed by atoms with E-state index < -0.39 is 0 Å². The van der Waals surface area contributed by atoms with Crippen LogP contribution >= 0.6 is 34.8 Å². The molecule has 1 aromatic carbocycles. The van der Waals surface area contributed by atoms with E-state index in [1.165, 1.54) is 10.9 Å². The Morgan fingerprint density at radius 2 is 1.96 bits per heavy atom. The highest BCUT2D eigenvalue weighted by atomic mass is 35.5. The first-order valence-corrected chi connectivity index (χ1v) is 8.92. The zero-order chi connectivity index (χ0) is 18.8. The number of hydrogen-bond donors (Lipinski definition) is 1. The molecule has 0 fully saturated rings. The van der Waals surface area contributed by atoms with Crippen molar-refractivity contribution in [3.05, 3.63) is 62.6 Å². The maximum atomic E-state index is 12.3. The lowest BCUT2D eigenvalue weighted by Crippen LogP contribution is -2.19. The molecule has 0 saturated carbocycles. The number of halogens is 3. The Kier molecular flexibility index (Phi) is 5.55. The molecular weight excluding hydrogens is 397 g/mol. The van der Waals surface area contributed by atoms with Gasteiger partial charge >= 0.3 is 0 Å². The van der Waals surface area contributed by atoms with Gasteiger partial charge in [0.25, 0.3) is 0 Å². The monoisotopic (exact) mass is 411 g/mol. The molecule has 26 heavy (non-hydrogen) atoms. The minimum Gasteiger partial charge on any atom is -0.321 e. The van der Waals surface area contributed by atoms with Crippen LogP contribution in [0.3, 0.4) is 0 Å². The van der Waals surface area contributed by atoms with Crippen LogP contribution in [-0.4, -0.2) is 25.5 Å². The number of nitrogens with one attached hydrogen (secondary N) is 1. The molecule has 0 radical (unpaired) electrons. The van der Waals surface area contributed by atoms with Crippen LogP contribution in [-0.2, 0) is 17.9 Å². The molecule has 3 aromatic rings. The predicted octanol–water partition coefficient (Wildman–Crippen LogP) is 4.34. The second kappa shape index (κ2) is 7.70. The van der Waals surface area contributed by atoms with Gasteiger partial charge in [-0.1, -0.05) is 40.9 Å². The van der Waals surface area contributed by atoms with Gasteiger partial charge in [0, 0.05) is 16.2 Å². The average Bonchev–Trinajstić information content (AvgIpc) is 3.08. The second-order valence-corrected chi connectivity index (χ2v) is 7.12. The van der Waals surface area contributed by atoms with Gasteiger partial charge in [-0.25, -0.2) is 0 Å². The summed E-state index contributed by atoms with van der Waals surface area (Å²) in [5.41, 5.74) is 3.13. The smallest absolute Gasteiger partial charge is 0.246 e. The highest BCUT2D eigenvalue weighted by Crippen LogP contribution is 2.25. The van der Waals surface area contributed by atoms with Crippen molar-refractivity contribution in [1.29, 1.82) is 0 Å². The molecule has 0 aliphatic heterocycles. The van der Waals surface area contributed by atoms with Crippen LogP contribution in [0.4, 0.5) is 5.69 Å².